The van der Waals surface area contributed by atoms with Gasteiger partial charge in [0.25, 0.3) is 0 Å². The first-order chi connectivity index (χ1) is 10.4. The number of amides is 1. The molecule has 0 aliphatic carbocycles. The Labute approximate surface area is 130 Å². The highest BCUT2D eigenvalue weighted by molar-refractivity contribution is 7.99. The zero-order valence-electron chi connectivity index (χ0n) is 11.5. The molecule has 7 heteroatoms. The molecular weight excluding hydrogens is 313 g/mol. The van der Waals surface area contributed by atoms with Gasteiger partial charge < -0.3 is 5.32 Å². The highest BCUT2D eigenvalue weighted by atomic mass is 32.2. The minimum absolute atomic E-state index is 0.0862. The number of allylic oxidation sites excluding steroid dienone is 1. The summed E-state index contributed by atoms with van der Waals surface area (Å²) in [6.07, 6.45) is -3.69. The number of hydrogen-bond acceptors (Lipinski definition) is 3. The lowest BCUT2D eigenvalue weighted by molar-refractivity contribution is -0.118. The topological polar surface area (TPSA) is 52.9 Å². The van der Waals surface area contributed by atoms with Crippen molar-refractivity contribution in [3.63, 3.8) is 0 Å². The summed E-state index contributed by atoms with van der Waals surface area (Å²) in [5.41, 5.74) is -2.19. The Morgan fingerprint density at radius 1 is 1.36 bits per heavy atom. The molecule has 0 aromatic heterocycles. The maximum atomic E-state index is 13.1. The summed E-state index contributed by atoms with van der Waals surface area (Å²) < 4.78 is 39.4. The van der Waals surface area contributed by atoms with Crippen LogP contribution in [0.4, 0.5) is 13.2 Å². The van der Waals surface area contributed by atoms with Gasteiger partial charge in [0.15, 0.2) is 0 Å². The zero-order chi connectivity index (χ0) is 16.2. The zero-order valence-corrected chi connectivity index (χ0v) is 12.3. The van der Waals surface area contributed by atoms with Crippen molar-refractivity contribution in [1.29, 1.82) is 5.26 Å². The molecule has 1 aliphatic rings. The Morgan fingerprint density at radius 2 is 2.05 bits per heavy atom. The number of hydrogen-bond donors (Lipinski definition) is 1. The molecule has 2 rings (SSSR count). The van der Waals surface area contributed by atoms with Gasteiger partial charge in [0.1, 0.15) is 5.54 Å². The molecule has 0 unspecified atom stereocenters. The number of carbonyl (C=O) groups is 1. The molecule has 116 valence electrons. The van der Waals surface area contributed by atoms with Gasteiger partial charge in [0, 0.05) is 11.8 Å². The summed E-state index contributed by atoms with van der Waals surface area (Å²) in [6.45, 7) is 0. The van der Waals surface area contributed by atoms with Crippen molar-refractivity contribution in [1.82, 2.24) is 5.32 Å². The van der Waals surface area contributed by atoms with Gasteiger partial charge in [-0.3, -0.25) is 4.79 Å². The molecule has 0 saturated carbocycles. The predicted octanol–water partition coefficient (Wildman–Crippen LogP) is 3.15. The summed E-state index contributed by atoms with van der Waals surface area (Å²) in [4.78, 5) is 11.9. The van der Waals surface area contributed by atoms with Crippen LogP contribution in [0.5, 0.6) is 0 Å². The van der Waals surface area contributed by atoms with E-state index < -0.39 is 23.2 Å². The van der Waals surface area contributed by atoms with Crippen LogP contribution in [0.15, 0.2) is 36.4 Å². The summed E-state index contributed by atoms with van der Waals surface area (Å²) in [5, 5.41) is 11.6. The third-order valence-corrected chi connectivity index (χ3v) is 4.45. The van der Waals surface area contributed by atoms with E-state index in [-0.39, 0.29) is 5.56 Å². The monoisotopic (exact) mass is 326 g/mol. The van der Waals surface area contributed by atoms with Crippen molar-refractivity contribution < 1.29 is 18.0 Å². The van der Waals surface area contributed by atoms with Gasteiger partial charge in [0.05, 0.1) is 11.6 Å². The number of carbonyl (C=O) groups excluding carboxylic acids is 1. The molecule has 1 atom stereocenters. The SMILES string of the molecule is N#C[C@@]1(NC(=O)/C=C(\c2ccccc2)C(F)(F)F)CCSC1. The maximum Gasteiger partial charge on any atom is 0.417 e. The second kappa shape index (κ2) is 6.44. The van der Waals surface area contributed by atoms with E-state index in [1.807, 2.05) is 6.07 Å². The molecule has 0 bridgehead atoms. The molecule has 0 radical (unpaired) electrons. The number of benzene rings is 1. The van der Waals surface area contributed by atoms with Crippen LogP contribution >= 0.6 is 11.8 Å². The van der Waals surface area contributed by atoms with Crippen molar-refractivity contribution in [3.8, 4) is 6.07 Å². The number of nitrogens with zero attached hydrogens (tertiary/aromatic N) is 1. The van der Waals surface area contributed by atoms with Gasteiger partial charge in [-0.05, 0) is 17.7 Å². The van der Waals surface area contributed by atoms with E-state index in [9.17, 15) is 18.0 Å². The van der Waals surface area contributed by atoms with Crippen molar-refractivity contribution >= 4 is 23.2 Å². The molecule has 1 aromatic carbocycles. The van der Waals surface area contributed by atoms with Crippen molar-refractivity contribution in [3.05, 3.63) is 42.0 Å². The van der Waals surface area contributed by atoms with E-state index in [2.05, 4.69) is 5.32 Å². The van der Waals surface area contributed by atoms with Crippen LogP contribution in [-0.2, 0) is 4.79 Å². The molecule has 22 heavy (non-hydrogen) atoms. The number of nitrogens with one attached hydrogen (secondary N) is 1. The van der Waals surface area contributed by atoms with Crippen LogP contribution < -0.4 is 5.32 Å². The number of rotatable bonds is 3. The Hall–Kier alpha value is -1.94. The quantitative estimate of drug-likeness (QED) is 0.868. The Bertz CT molecular complexity index is 614. The minimum atomic E-state index is -4.65. The van der Waals surface area contributed by atoms with Crippen LogP contribution in [0.3, 0.4) is 0 Å². The van der Waals surface area contributed by atoms with Gasteiger partial charge in [-0.15, -0.1) is 0 Å². The van der Waals surface area contributed by atoms with Crippen LogP contribution in [-0.4, -0.2) is 29.1 Å². The Kier molecular flexibility index (Phi) is 4.81. The van der Waals surface area contributed by atoms with E-state index in [0.717, 1.165) is 0 Å². The Balaban J connectivity index is 2.27. The van der Waals surface area contributed by atoms with Crippen molar-refractivity contribution in [2.75, 3.05) is 11.5 Å². The molecule has 1 amide bonds. The average molecular weight is 326 g/mol. The van der Waals surface area contributed by atoms with E-state index in [0.29, 0.717) is 24.0 Å². The van der Waals surface area contributed by atoms with Crippen LogP contribution in [0, 0.1) is 11.3 Å². The van der Waals surface area contributed by atoms with E-state index in [4.69, 9.17) is 5.26 Å². The van der Waals surface area contributed by atoms with Gasteiger partial charge in [-0.1, -0.05) is 30.3 Å². The van der Waals surface area contributed by atoms with Gasteiger partial charge >= 0.3 is 6.18 Å². The number of thioether (sulfide) groups is 1. The van der Waals surface area contributed by atoms with Gasteiger partial charge in [0.2, 0.25) is 5.91 Å². The number of alkyl halides is 3. The molecular formula is C15H13F3N2OS. The fourth-order valence-corrected chi connectivity index (χ4v) is 3.40. The number of nitriles is 1. The first-order valence-electron chi connectivity index (χ1n) is 6.52. The largest absolute Gasteiger partial charge is 0.417 e. The van der Waals surface area contributed by atoms with Gasteiger partial charge in [-0.25, -0.2) is 0 Å². The van der Waals surface area contributed by atoms with Crippen molar-refractivity contribution in [2.24, 2.45) is 0 Å². The highest BCUT2D eigenvalue weighted by Crippen LogP contribution is 2.34. The predicted molar refractivity (Wildman–Crippen MR) is 78.9 cm³/mol. The van der Waals surface area contributed by atoms with Gasteiger partial charge in [-0.2, -0.15) is 30.2 Å². The standard InChI is InChI=1S/C15H13F3N2OS/c16-15(17,18)12(11-4-2-1-3-5-11)8-13(21)20-14(9-19)6-7-22-10-14/h1-5,8H,6-7,10H2,(H,20,21)/b12-8+/t14-/m0/s1. The van der Waals surface area contributed by atoms with Crippen LogP contribution in [0.2, 0.25) is 0 Å². The van der Waals surface area contributed by atoms with E-state index in [1.54, 1.807) is 6.07 Å². The maximum absolute atomic E-state index is 13.1. The molecule has 1 saturated heterocycles. The molecule has 3 nitrogen and oxygen atoms in total. The number of halogens is 3. The first kappa shape index (κ1) is 16.4. The lowest BCUT2D eigenvalue weighted by atomic mass is 10.0. The van der Waals surface area contributed by atoms with Crippen LogP contribution in [0.25, 0.3) is 5.57 Å². The third-order valence-electron chi connectivity index (χ3n) is 3.26. The molecule has 1 fully saturated rings. The summed E-state index contributed by atoms with van der Waals surface area (Å²) in [7, 11) is 0. The summed E-state index contributed by atoms with van der Waals surface area (Å²) >= 11 is 1.49. The summed E-state index contributed by atoms with van der Waals surface area (Å²) in [5.74, 6) is 0.179. The van der Waals surface area contributed by atoms with E-state index in [1.165, 1.54) is 36.0 Å². The fourth-order valence-electron chi connectivity index (χ4n) is 2.13. The highest BCUT2D eigenvalue weighted by Gasteiger charge is 2.38. The van der Waals surface area contributed by atoms with Crippen molar-refractivity contribution in [2.45, 2.75) is 18.1 Å². The third kappa shape index (κ3) is 3.83. The second-order valence-electron chi connectivity index (χ2n) is 4.91. The summed E-state index contributed by atoms with van der Waals surface area (Å²) in [6, 6.07) is 9.11. The Morgan fingerprint density at radius 3 is 2.55 bits per heavy atom. The van der Waals surface area contributed by atoms with Crippen LogP contribution in [0.1, 0.15) is 12.0 Å². The minimum Gasteiger partial charge on any atom is -0.333 e. The smallest absolute Gasteiger partial charge is 0.333 e. The fraction of sp³-hybridized carbons (Fsp3) is 0.333. The normalized spacial score (nSPS) is 22.2. The molecule has 1 aliphatic heterocycles. The molecule has 0 spiro atoms. The first-order valence-corrected chi connectivity index (χ1v) is 7.67. The van der Waals surface area contributed by atoms with E-state index >= 15 is 0 Å². The second-order valence-corrected chi connectivity index (χ2v) is 6.01. The average Bonchev–Trinajstić information content (AvgIpc) is 2.93. The molecule has 1 heterocycles. The lowest BCUT2D eigenvalue weighted by Gasteiger charge is -2.20. The molecule has 1 aromatic rings. The lowest BCUT2D eigenvalue weighted by Crippen LogP contribution is -2.47. The molecule has 1 N–H and O–H groups in total.